The molecule has 3 aromatic carbocycles. The van der Waals surface area contributed by atoms with E-state index in [1.807, 2.05) is 0 Å². The van der Waals surface area contributed by atoms with E-state index in [4.69, 9.17) is 0 Å². The Morgan fingerprint density at radius 3 is 1.24 bits per heavy atom. The van der Waals surface area contributed by atoms with Gasteiger partial charge in [0, 0.05) is 0 Å². The van der Waals surface area contributed by atoms with Gasteiger partial charge in [-0.15, -0.1) is 0 Å². The van der Waals surface area contributed by atoms with Crippen LogP contribution < -0.4 is 10.7 Å². The summed E-state index contributed by atoms with van der Waals surface area (Å²) in [6.07, 6.45) is 0. The third-order valence-corrected chi connectivity index (χ3v) is 32.3. The fourth-order valence-corrected chi connectivity index (χ4v) is 31.8. The molecule has 0 amide bonds. The summed E-state index contributed by atoms with van der Waals surface area (Å²) >= 11 is -3.81. The van der Waals surface area contributed by atoms with Gasteiger partial charge < -0.3 is 0 Å². The van der Waals surface area contributed by atoms with Gasteiger partial charge in [0.25, 0.3) is 0 Å². The maximum atomic E-state index is 12.9. The van der Waals surface area contributed by atoms with E-state index in [2.05, 4.69) is 131 Å². The first kappa shape index (κ1) is 21.8. The number of rotatable bonds is 5. The van der Waals surface area contributed by atoms with Gasteiger partial charge in [-0.3, -0.25) is 0 Å². The van der Waals surface area contributed by atoms with Gasteiger partial charge in [-0.2, -0.15) is 0 Å². The summed E-state index contributed by atoms with van der Waals surface area (Å²) in [5, 5.41) is 0.0558. The first-order valence-corrected chi connectivity index (χ1v) is 18.9. The molecule has 3 heteroatoms. The molecule has 0 aromatic heterocycles. The van der Waals surface area contributed by atoms with E-state index in [1.165, 1.54) is 10.7 Å². The van der Waals surface area contributed by atoms with Gasteiger partial charge in [-0.25, -0.2) is 0 Å². The Balaban J connectivity index is 2.52. The normalized spacial score (nSPS) is 12.3. The Hall–Kier alpha value is -1.87. The summed E-state index contributed by atoms with van der Waals surface area (Å²) in [4.78, 5) is 12.9. The molecule has 0 bridgehead atoms. The van der Waals surface area contributed by atoms with Crippen LogP contribution in [0.25, 0.3) is 0 Å². The van der Waals surface area contributed by atoms with Crippen molar-refractivity contribution in [3.8, 4) is 0 Å². The molecule has 0 atom stereocenters. The minimum atomic E-state index is -3.81. The quantitative estimate of drug-likeness (QED) is 0.369. The number of carbonyl (C=O) groups excluding carboxylic acids is 1. The summed E-state index contributed by atoms with van der Waals surface area (Å²) in [7, 11) is -2.13. The second-order valence-corrected chi connectivity index (χ2v) is 26.5. The van der Waals surface area contributed by atoms with E-state index in [0.29, 0.717) is 0 Å². The monoisotopic (exact) mass is 506 g/mol. The average molecular weight is 505 g/mol. The third-order valence-electron chi connectivity index (χ3n) is 6.60. The molecule has 0 saturated carbocycles. The van der Waals surface area contributed by atoms with Crippen molar-refractivity contribution in [1.82, 2.24) is 0 Å². The van der Waals surface area contributed by atoms with E-state index in [0.717, 1.165) is 3.21 Å². The van der Waals surface area contributed by atoms with Crippen LogP contribution in [-0.2, 0) is 4.79 Å². The minimum absolute atomic E-state index is 0.0558. The topological polar surface area (TPSA) is 17.1 Å². The zero-order valence-corrected chi connectivity index (χ0v) is 21.9. The Morgan fingerprint density at radius 2 is 1.00 bits per heavy atom. The van der Waals surface area contributed by atoms with Gasteiger partial charge in [0.05, 0.1) is 0 Å². The molecule has 3 rings (SSSR count). The average Bonchev–Trinajstić information content (AvgIpc) is 2.73. The first-order valence-electron chi connectivity index (χ1n) is 10.2. The van der Waals surface area contributed by atoms with Gasteiger partial charge in [0.2, 0.25) is 0 Å². The predicted molar refractivity (Wildman–Crippen MR) is 130 cm³/mol. The molecule has 0 aliphatic heterocycles. The van der Waals surface area contributed by atoms with Crippen LogP contribution in [0.5, 0.6) is 0 Å². The van der Waals surface area contributed by atoms with Crippen LogP contribution in [0.3, 0.4) is 0 Å². The van der Waals surface area contributed by atoms with E-state index >= 15 is 0 Å². The molecule has 3 aromatic rings. The number of hydrogen-bond acceptors (Lipinski definition) is 1. The number of hydrogen-bond donors (Lipinski definition) is 0. The molecule has 0 radical (unpaired) electrons. The summed E-state index contributed by atoms with van der Waals surface area (Å²) in [5.74, 6) is 2.61. The van der Waals surface area contributed by atoms with Crippen LogP contribution in [0, 0.1) is 0 Å². The fraction of sp³-hybridized carbons (Fsp3) is 0.231. The van der Waals surface area contributed by atoms with Gasteiger partial charge >= 0.3 is 181 Å². The summed E-state index contributed by atoms with van der Waals surface area (Å²) in [6.45, 7) is 11.6. The van der Waals surface area contributed by atoms with Crippen molar-refractivity contribution < 1.29 is 4.79 Å². The molecule has 1 nitrogen and oxygen atoms in total. The van der Waals surface area contributed by atoms with Crippen LogP contribution in [0.2, 0.25) is 18.1 Å². The van der Waals surface area contributed by atoms with E-state index in [1.54, 1.807) is 0 Å². The SMILES string of the molecule is CC(C)(C)[Si](C)(C)[C](=C=O)[Sn]([c]1ccccc1)([c]1ccccc1)[c]1ccccc1. The molecule has 29 heavy (non-hydrogen) atoms. The van der Waals surface area contributed by atoms with Gasteiger partial charge in [-0.1, -0.05) is 0 Å². The summed E-state index contributed by atoms with van der Waals surface area (Å²) in [5.41, 5.74) is 0. The van der Waals surface area contributed by atoms with Crippen LogP contribution in [0.15, 0.2) is 94.2 Å². The van der Waals surface area contributed by atoms with Crippen LogP contribution in [0.4, 0.5) is 0 Å². The van der Waals surface area contributed by atoms with Crippen molar-refractivity contribution in [1.29, 1.82) is 0 Å². The number of benzene rings is 3. The summed E-state index contributed by atoms with van der Waals surface area (Å²) in [6, 6.07) is 32.3. The third kappa shape index (κ3) is 3.82. The Bertz CT molecular complexity index is 902. The van der Waals surface area contributed by atoms with Crippen LogP contribution in [0.1, 0.15) is 20.8 Å². The predicted octanol–water partition coefficient (Wildman–Crippen LogP) is 4.50. The van der Waals surface area contributed by atoms with Crippen molar-refractivity contribution in [3.05, 3.63) is 94.2 Å². The summed E-state index contributed by atoms with van der Waals surface area (Å²) < 4.78 is 5.06. The standard InChI is InChI=1S/C8H15OSi.3C6H5.Sn/c1-8(2,3)10(4,5)7-6-9;3*1-2-4-6-5-3-1;/h1-5H3;3*1-5H;. The van der Waals surface area contributed by atoms with Crippen molar-refractivity contribution >= 4 is 43.1 Å². The van der Waals surface area contributed by atoms with Gasteiger partial charge in [-0.05, 0) is 0 Å². The van der Waals surface area contributed by atoms with Crippen LogP contribution in [-0.4, -0.2) is 32.4 Å². The Labute approximate surface area is 180 Å². The fourth-order valence-electron chi connectivity index (χ4n) is 4.05. The first-order chi connectivity index (χ1) is 13.8. The van der Waals surface area contributed by atoms with E-state index in [-0.39, 0.29) is 5.04 Å². The van der Waals surface area contributed by atoms with E-state index in [9.17, 15) is 4.79 Å². The molecule has 0 heterocycles. The Kier molecular flexibility index (Phi) is 6.38. The zero-order valence-electron chi connectivity index (χ0n) is 18.1. The molecule has 0 N–H and O–H groups in total. The second kappa shape index (κ2) is 8.47. The Morgan fingerprint density at radius 1 is 0.690 bits per heavy atom. The molecule has 0 aliphatic carbocycles. The van der Waals surface area contributed by atoms with Crippen molar-refractivity contribution in [3.63, 3.8) is 0 Å². The molecule has 0 unspecified atom stereocenters. The molecular weight excluding hydrogens is 475 g/mol. The van der Waals surface area contributed by atoms with Crippen molar-refractivity contribution in [2.75, 3.05) is 0 Å². The molecular formula is C26H30OSiSn. The van der Waals surface area contributed by atoms with Crippen molar-refractivity contribution in [2.24, 2.45) is 0 Å². The molecule has 0 saturated heterocycles. The zero-order chi connectivity index (χ0) is 21.1. The van der Waals surface area contributed by atoms with Crippen LogP contribution >= 0.6 is 0 Å². The van der Waals surface area contributed by atoms with E-state index < -0.39 is 26.5 Å². The van der Waals surface area contributed by atoms with Crippen molar-refractivity contribution in [2.45, 2.75) is 38.9 Å². The maximum absolute atomic E-state index is 12.9. The molecule has 0 aliphatic rings. The second-order valence-electron chi connectivity index (χ2n) is 9.20. The molecule has 0 fully saturated rings. The van der Waals surface area contributed by atoms with Gasteiger partial charge in [0.1, 0.15) is 0 Å². The molecule has 148 valence electrons. The molecule has 0 spiro atoms. The van der Waals surface area contributed by atoms with Gasteiger partial charge in [0.15, 0.2) is 0 Å².